The van der Waals surface area contributed by atoms with Crippen LogP contribution in [0.5, 0.6) is 0 Å². The third-order valence-corrected chi connectivity index (χ3v) is 3.99. The molecule has 2 aromatic rings. The summed E-state index contributed by atoms with van der Waals surface area (Å²) in [6, 6.07) is 9.59. The fourth-order valence-corrected chi connectivity index (χ4v) is 2.29. The average Bonchev–Trinajstić information content (AvgIpc) is 2.43. The number of benzene rings is 2. The second kappa shape index (κ2) is 5.95. The minimum Gasteiger partial charge on any atom is -0.375 e. The number of anilines is 1. The molecule has 0 spiro atoms. The van der Waals surface area contributed by atoms with Crippen LogP contribution in [0.3, 0.4) is 0 Å². The van der Waals surface area contributed by atoms with Crippen LogP contribution in [0, 0.1) is 37.8 Å². The largest absolute Gasteiger partial charge is 0.375 e. The maximum atomic E-state index is 11.2. The zero-order chi connectivity index (χ0) is 15.6. The van der Waals surface area contributed by atoms with Gasteiger partial charge in [0.2, 0.25) is 0 Å². The maximum absolute atomic E-state index is 11.2. The van der Waals surface area contributed by atoms with Crippen LogP contribution in [0.2, 0.25) is 0 Å². The van der Waals surface area contributed by atoms with Gasteiger partial charge in [-0.05, 0) is 61.6 Å². The van der Waals surface area contributed by atoms with Crippen molar-refractivity contribution in [1.82, 2.24) is 0 Å². The van der Waals surface area contributed by atoms with E-state index in [9.17, 15) is 10.1 Å². The Bertz CT molecular complexity index is 693. The highest BCUT2D eigenvalue weighted by atomic mass is 16.6. The van der Waals surface area contributed by atoms with E-state index in [0.29, 0.717) is 12.2 Å². The zero-order valence-corrected chi connectivity index (χ0v) is 12.9. The molecule has 0 amide bonds. The van der Waals surface area contributed by atoms with Gasteiger partial charge in [-0.2, -0.15) is 0 Å². The standard InChI is InChI=1S/C17H20N2O2/c1-11-6-5-7-15(14(11)4)10-18-16-8-12(2)13(3)9-17(16)19(20)21/h5-9,18H,10H2,1-4H3. The summed E-state index contributed by atoms with van der Waals surface area (Å²) < 4.78 is 0. The van der Waals surface area contributed by atoms with Crippen LogP contribution < -0.4 is 5.32 Å². The highest BCUT2D eigenvalue weighted by Gasteiger charge is 2.15. The van der Waals surface area contributed by atoms with E-state index in [1.807, 2.05) is 32.0 Å². The molecular weight excluding hydrogens is 264 g/mol. The zero-order valence-electron chi connectivity index (χ0n) is 12.9. The third kappa shape index (κ3) is 3.21. The number of hydrogen-bond acceptors (Lipinski definition) is 3. The molecule has 0 heterocycles. The molecule has 0 bridgehead atoms. The van der Waals surface area contributed by atoms with E-state index in [4.69, 9.17) is 0 Å². The predicted octanol–water partition coefficient (Wildman–Crippen LogP) is 4.44. The number of aryl methyl sites for hydroxylation is 3. The molecule has 4 heteroatoms. The summed E-state index contributed by atoms with van der Waals surface area (Å²) in [7, 11) is 0. The number of hydrogen-bond donors (Lipinski definition) is 1. The lowest BCUT2D eigenvalue weighted by Gasteiger charge is -2.12. The summed E-state index contributed by atoms with van der Waals surface area (Å²) in [6.45, 7) is 8.56. The maximum Gasteiger partial charge on any atom is 0.292 e. The highest BCUT2D eigenvalue weighted by molar-refractivity contribution is 5.64. The van der Waals surface area contributed by atoms with Crippen molar-refractivity contribution in [2.24, 2.45) is 0 Å². The molecule has 0 saturated carbocycles. The van der Waals surface area contributed by atoms with Crippen LogP contribution in [0.4, 0.5) is 11.4 Å². The second-order valence-electron chi connectivity index (χ2n) is 5.42. The predicted molar refractivity (Wildman–Crippen MR) is 85.8 cm³/mol. The quantitative estimate of drug-likeness (QED) is 0.667. The molecule has 1 N–H and O–H groups in total. The van der Waals surface area contributed by atoms with Crippen molar-refractivity contribution in [3.63, 3.8) is 0 Å². The first-order chi connectivity index (χ1) is 9.90. The number of nitrogens with zero attached hydrogens (tertiary/aromatic N) is 1. The Labute approximate surface area is 125 Å². The molecule has 0 radical (unpaired) electrons. The lowest BCUT2D eigenvalue weighted by molar-refractivity contribution is -0.384. The summed E-state index contributed by atoms with van der Waals surface area (Å²) in [4.78, 5) is 10.8. The Kier molecular flexibility index (Phi) is 4.26. The van der Waals surface area contributed by atoms with Crippen molar-refractivity contribution < 1.29 is 4.92 Å². The average molecular weight is 284 g/mol. The Balaban J connectivity index is 2.29. The molecule has 21 heavy (non-hydrogen) atoms. The fraction of sp³-hybridized carbons (Fsp3) is 0.294. The summed E-state index contributed by atoms with van der Waals surface area (Å²) >= 11 is 0. The van der Waals surface area contributed by atoms with Crippen molar-refractivity contribution in [2.45, 2.75) is 34.2 Å². The van der Waals surface area contributed by atoms with Crippen LogP contribution in [0.15, 0.2) is 30.3 Å². The van der Waals surface area contributed by atoms with E-state index >= 15 is 0 Å². The number of nitro benzene ring substituents is 1. The summed E-state index contributed by atoms with van der Waals surface area (Å²) in [5, 5.41) is 14.4. The summed E-state index contributed by atoms with van der Waals surface area (Å²) in [5.74, 6) is 0. The molecule has 0 atom stereocenters. The van der Waals surface area contributed by atoms with E-state index in [1.165, 1.54) is 11.1 Å². The molecule has 0 aliphatic heterocycles. The minimum atomic E-state index is -0.335. The SMILES string of the molecule is Cc1cc(NCc2cccc(C)c2C)c([N+](=O)[O-])cc1C. The lowest BCUT2D eigenvalue weighted by atomic mass is 10.0. The normalized spacial score (nSPS) is 10.5. The van der Waals surface area contributed by atoms with Gasteiger partial charge < -0.3 is 5.32 Å². The fourth-order valence-electron chi connectivity index (χ4n) is 2.29. The van der Waals surface area contributed by atoms with E-state index < -0.39 is 0 Å². The highest BCUT2D eigenvalue weighted by Crippen LogP contribution is 2.28. The monoisotopic (exact) mass is 284 g/mol. The molecule has 110 valence electrons. The van der Waals surface area contributed by atoms with Gasteiger partial charge in [0.1, 0.15) is 5.69 Å². The lowest BCUT2D eigenvalue weighted by Crippen LogP contribution is -2.05. The second-order valence-corrected chi connectivity index (χ2v) is 5.42. The van der Waals surface area contributed by atoms with Gasteiger partial charge in [0.25, 0.3) is 5.69 Å². The summed E-state index contributed by atoms with van der Waals surface area (Å²) in [5.41, 5.74) is 6.28. The number of nitro groups is 1. The smallest absolute Gasteiger partial charge is 0.292 e. The number of rotatable bonds is 4. The van der Waals surface area contributed by atoms with Crippen LogP contribution in [-0.2, 0) is 6.54 Å². The van der Waals surface area contributed by atoms with Gasteiger partial charge in [-0.25, -0.2) is 0 Å². The molecule has 2 aromatic carbocycles. The molecule has 0 fully saturated rings. The van der Waals surface area contributed by atoms with Gasteiger partial charge in [0.15, 0.2) is 0 Å². The molecule has 0 aromatic heterocycles. The van der Waals surface area contributed by atoms with Crippen LogP contribution >= 0.6 is 0 Å². The first-order valence-corrected chi connectivity index (χ1v) is 6.94. The van der Waals surface area contributed by atoms with Gasteiger partial charge in [-0.15, -0.1) is 0 Å². The molecule has 0 unspecified atom stereocenters. The first-order valence-electron chi connectivity index (χ1n) is 6.94. The van der Waals surface area contributed by atoms with Crippen molar-refractivity contribution in [2.75, 3.05) is 5.32 Å². The van der Waals surface area contributed by atoms with Gasteiger partial charge in [0, 0.05) is 12.6 Å². The van der Waals surface area contributed by atoms with E-state index in [2.05, 4.69) is 25.2 Å². The van der Waals surface area contributed by atoms with Crippen molar-refractivity contribution in [3.05, 3.63) is 68.3 Å². The van der Waals surface area contributed by atoms with Gasteiger partial charge in [0.05, 0.1) is 4.92 Å². The Morgan fingerprint density at radius 2 is 1.71 bits per heavy atom. The van der Waals surface area contributed by atoms with Crippen molar-refractivity contribution >= 4 is 11.4 Å². The minimum absolute atomic E-state index is 0.128. The molecule has 0 saturated heterocycles. The molecular formula is C17H20N2O2. The topological polar surface area (TPSA) is 55.2 Å². The van der Waals surface area contributed by atoms with Crippen LogP contribution in [-0.4, -0.2) is 4.92 Å². The Morgan fingerprint density at radius 1 is 1.05 bits per heavy atom. The first kappa shape index (κ1) is 15.0. The van der Waals surface area contributed by atoms with Gasteiger partial charge in [-0.1, -0.05) is 18.2 Å². The molecule has 2 rings (SSSR count). The van der Waals surface area contributed by atoms with E-state index in [0.717, 1.165) is 16.7 Å². The van der Waals surface area contributed by atoms with Gasteiger partial charge >= 0.3 is 0 Å². The van der Waals surface area contributed by atoms with Crippen molar-refractivity contribution in [1.29, 1.82) is 0 Å². The van der Waals surface area contributed by atoms with Crippen LogP contribution in [0.1, 0.15) is 27.8 Å². The molecule has 0 aliphatic rings. The molecule has 0 aliphatic carbocycles. The molecule has 4 nitrogen and oxygen atoms in total. The van der Waals surface area contributed by atoms with E-state index in [1.54, 1.807) is 6.07 Å². The third-order valence-electron chi connectivity index (χ3n) is 3.99. The van der Waals surface area contributed by atoms with Crippen molar-refractivity contribution in [3.8, 4) is 0 Å². The van der Waals surface area contributed by atoms with Crippen LogP contribution in [0.25, 0.3) is 0 Å². The van der Waals surface area contributed by atoms with Gasteiger partial charge in [-0.3, -0.25) is 10.1 Å². The van der Waals surface area contributed by atoms with E-state index in [-0.39, 0.29) is 10.6 Å². The Hall–Kier alpha value is -2.36. The summed E-state index contributed by atoms with van der Waals surface area (Å²) in [6.07, 6.45) is 0. The number of nitrogens with one attached hydrogen (secondary N) is 1. The Morgan fingerprint density at radius 3 is 2.38 bits per heavy atom.